The molecule has 2 nitrogen and oxygen atoms in total. The van der Waals surface area contributed by atoms with Gasteiger partial charge in [0.15, 0.2) is 0 Å². The summed E-state index contributed by atoms with van der Waals surface area (Å²) in [5.41, 5.74) is 2.15. The van der Waals surface area contributed by atoms with Crippen molar-refractivity contribution in [3.05, 3.63) is 53.8 Å². The Morgan fingerprint density at radius 3 is 2.44 bits per heavy atom. The molecule has 0 aliphatic rings. The van der Waals surface area contributed by atoms with Gasteiger partial charge in [-0.3, -0.25) is 0 Å². The molecule has 0 radical (unpaired) electrons. The maximum absolute atomic E-state index is 12.7. The molecule has 0 aromatic heterocycles. The number of para-hydroxylation sites is 1. The lowest BCUT2D eigenvalue weighted by atomic mass is 10.2. The maximum Gasteiger partial charge on any atom is 0.141 e. The molecule has 2 aromatic rings. The Morgan fingerprint density at radius 1 is 1.06 bits per heavy atom. The van der Waals surface area contributed by atoms with Crippen molar-refractivity contribution >= 4 is 11.4 Å². The van der Waals surface area contributed by atoms with Gasteiger partial charge in [0.1, 0.15) is 11.6 Å². The minimum Gasteiger partial charge on any atom is -0.505 e. The van der Waals surface area contributed by atoms with E-state index in [9.17, 15) is 9.50 Å². The number of benzene rings is 2. The van der Waals surface area contributed by atoms with Gasteiger partial charge in [0, 0.05) is 5.69 Å². The van der Waals surface area contributed by atoms with Crippen LogP contribution in [0.5, 0.6) is 5.75 Å². The van der Waals surface area contributed by atoms with E-state index in [0.717, 1.165) is 11.3 Å². The number of nitrogens with one attached hydrogen (secondary N) is 1. The quantitative estimate of drug-likeness (QED) is 0.753. The first-order valence-electron chi connectivity index (χ1n) is 4.98. The Morgan fingerprint density at radius 2 is 1.75 bits per heavy atom. The molecule has 82 valence electrons. The molecule has 3 heteroatoms. The molecular formula is C13H12FNO. The first kappa shape index (κ1) is 10.5. The highest BCUT2D eigenvalue weighted by atomic mass is 19.1. The van der Waals surface area contributed by atoms with Gasteiger partial charge in [0.2, 0.25) is 0 Å². The van der Waals surface area contributed by atoms with E-state index in [1.165, 1.54) is 12.1 Å². The van der Waals surface area contributed by atoms with E-state index < -0.39 is 0 Å². The Kier molecular flexibility index (Phi) is 2.77. The van der Waals surface area contributed by atoms with Crippen LogP contribution in [0.1, 0.15) is 5.56 Å². The highest BCUT2D eigenvalue weighted by Gasteiger charge is 2.03. The number of hydrogen-bond acceptors (Lipinski definition) is 2. The van der Waals surface area contributed by atoms with Crippen molar-refractivity contribution in [2.75, 3.05) is 5.32 Å². The molecule has 0 bridgehead atoms. The number of hydrogen-bond donors (Lipinski definition) is 2. The fourth-order valence-corrected chi connectivity index (χ4v) is 1.45. The fourth-order valence-electron chi connectivity index (χ4n) is 1.45. The van der Waals surface area contributed by atoms with Gasteiger partial charge >= 0.3 is 0 Å². The molecule has 0 aliphatic heterocycles. The summed E-state index contributed by atoms with van der Waals surface area (Å²) in [5.74, 6) is -0.0640. The predicted octanol–water partition coefficient (Wildman–Crippen LogP) is 3.58. The first-order valence-corrected chi connectivity index (χ1v) is 4.98. The summed E-state index contributed by atoms with van der Waals surface area (Å²) in [7, 11) is 0. The fraction of sp³-hybridized carbons (Fsp3) is 0.0769. The van der Waals surface area contributed by atoms with Gasteiger partial charge in [-0.1, -0.05) is 12.1 Å². The largest absolute Gasteiger partial charge is 0.505 e. The second kappa shape index (κ2) is 4.23. The summed E-state index contributed by atoms with van der Waals surface area (Å²) in [4.78, 5) is 0. The van der Waals surface area contributed by atoms with Crippen LogP contribution in [0, 0.1) is 12.7 Å². The van der Waals surface area contributed by atoms with Crippen LogP contribution in [0.25, 0.3) is 0 Å². The minimum absolute atomic E-state index is 0.215. The van der Waals surface area contributed by atoms with E-state index in [2.05, 4.69) is 5.32 Å². The van der Waals surface area contributed by atoms with Crippen molar-refractivity contribution in [1.82, 2.24) is 0 Å². The van der Waals surface area contributed by atoms with Crippen LogP contribution in [-0.2, 0) is 0 Å². The first-order chi connectivity index (χ1) is 7.66. The van der Waals surface area contributed by atoms with Crippen molar-refractivity contribution in [2.45, 2.75) is 6.92 Å². The van der Waals surface area contributed by atoms with Crippen LogP contribution in [0.2, 0.25) is 0 Å². The van der Waals surface area contributed by atoms with Crippen LogP contribution >= 0.6 is 0 Å². The number of phenols is 1. The van der Waals surface area contributed by atoms with Crippen LogP contribution in [0.15, 0.2) is 42.5 Å². The topological polar surface area (TPSA) is 32.3 Å². The molecule has 0 saturated carbocycles. The number of anilines is 2. The maximum atomic E-state index is 12.7. The van der Waals surface area contributed by atoms with Crippen molar-refractivity contribution < 1.29 is 9.50 Å². The summed E-state index contributed by atoms with van der Waals surface area (Å²) < 4.78 is 12.7. The third-order valence-corrected chi connectivity index (χ3v) is 2.36. The lowest BCUT2D eigenvalue weighted by Crippen LogP contribution is -1.91. The van der Waals surface area contributed by atoms with E-state index in [4.69, 9.17) is 0 Å². The van der Waals surface area contributed by atoms with Gasteiger partial charge < -0.3 is 10.4 Å². The molecule has 0 fully saturated rings. The number of aromatic hydroxyl groups is 1. The van der Waals surface area contributed by atoms with E-state index in [0.29, 0.717) is 5.69 Å². The zero-order valence-corrected chi connectivity index (χ0v) is 8.87. The van der Waals surface area contributed by atoms with Crippen molar-refractivity contribution in [3.8, 4) is 5.75 Å². The van der Waals surface area contributed by atoms with E-state index in [-0.39, 0.29) is 11.6 Å². The third kappa shape index (κ3) is 2.14. The van der Waals surface area contributed by atoms with Crippen LogP contribution in [0.3, 0.4) is 0 Å². The molecule has 0 aliphatic carbocycles. The molecule has 0 spiro atoms. The molecule has 0 unspecified atom stereocenters. The van der Waals surface area contributed by atoms with Crippen molar-refractivity contribution in [2.24, 2.45) is 0 Å². The lowest BCUT2D eigenvalue weighted by Gasteiger charge is -2.09. The van der Waals surface area contributed by atoms with Gasteiger partial charge in [0.25, 0.3) is 0 Å². The second-order valence-corrected chi connectivity index (χ2v) is 3.60. The van der Waals surface area contributed by atoms with Gasteiger partial charge in [-0.15, -0.1) is 0 Å². The average molecular weight is 217 g/mol. The summed E-state index contributed by atoms with van der Waals surface area (Å²) in [6, 6.07) is 11.4. The summed E-state index contributed by atoms with van der Waals surface area (Å²) in [6.07, 6.45) is 0. The SMILES string of the molecule is Cc1cccc(Nc2ccc(F)cc2)c1O. The molecule has 0 heterocycles. The Balaban J connectivity index is 2.27. The molecule has 0 saturated heterocycles. The minimum atomic E-state index is -0.279. The monoisotopic (exact) mass is 217 g/mol. The summed E-state index contributed by atoms with van der Waals surface area (Å²) in [6.45, 7) is 1.82. The van der Waals surface area contributed by atoms with Gasteiger partial charge in [0.05, 0.1) is 5.69 Å². The van der Waals surface area contributed by atoms with E-state index >= 15 is 0 Å². The molecule has 2 rings (SSSR count). The molecule has 16 heavy (non-hydrogen) atoms. The normalized spacial score (nSPS) is 10.1. The van der Waals surface area contributed by atoms with Crippen molar-refractivity contribution in [3.63, 3.8) is 0 Å². The molecule has 2 N–H and O–H groups in total. The molecule has 0 amide bonds. The van der Waals surface area contributed by atoms with Gasteiger partial charge in [-0.2, -0.15) is 0 Å². The number of halogens is 1. The summed E-state index contributed by atoms with van der Waals surface area (Å²) in [5, 5.41) is 12.8. The van der Waals surface area contributed by atoms with E-state index in [1.54, 1.807) is 18.2 Å². The highest BCUT2D eigenvalue weighted by Crippen LogP contribution is 2.29. The highest BCUT2D eigenvalue weighted by molar-refractivity contribution is 5.67. The lowest BCUT2D eigenvalue weighted by molar-refractivity contribution is 0.473. The molecule has 2 aromatic carbocycles. The van der Waals surface area contributed by atoms with Gasteiger partial charge in [-0.05, 0) is 42.8 Å². The van der Waals surface area contributed by atoms with Crippen LogP contribution < -0.4 is 5.32 Å². The Bertz CT molecular complexity index is 494. The standard InChI is InChI=1S/C13H12FNO/c1-9-3-2-4-12(13(9)16)15-11-7-5-10(14)6-8-11/h2-8,15-16H,1H3. The van der Waals surface area contributed by atoms with Gasteiger partial charge in [-0.25, -0.2) is 4.39 Å². The Labute approximate surface area is 93.4 Å². The molecule has 0 atom stereocenters. The molecular weight excluding hydrogens is 205 g/mol. The zero-order chi connectivity index (χ0) is 11.5. The summed E-state index contributed by atoms with van der Waals surface area (Å²) >= 11 is 0. The number of aryl methyl sites for hydroxylation is 1. The zero-order valence-electron chi connectivity index (χ0n) is 8.87. The Hall–Kier alpha value is -2.03. The second-order valence-electron chi connectivity index (χ2n) is 3.60. The average Bonchev–Trinajstić information content (AvgIpc) is 2.28. The van der Waals surface area contributed by atoms with Crippen LogP contribution in [0.4, 0.5) is 15.8 Å². The smallest absolute Gasteiger partial charge is 0.141 e. The van der Waals surface area contributed by atoms with E-state index in [1.807, 2.05) is 19.1 Å². The number of rotatable bonds is 2. The predicted molar refractivity (Wildman–Crippen MR) is 62.5 cm³/mol. The number of phenolic OH excluding ortho intramolecular Hbond substituents is 1. The third-order valence-electron chi connectivity index (χ3n) is 2.36. The van der Waals surface area contributed by atoms with Crippen molar-refractivity contribution in [1.29, 1.82) is 0 Å². The van der Waals surface area contributed by atoms with Crippen LogP contribution in [-0.4, -0.2) is 5.11 Å².